The number of carbonyl (C=O) groups excluding carboxylic acids is 1. The molecule has 2 aliphatic rings. The first-order valence-corrected chi connectivity index (χ1v) is 27.3. The lowest BCUT2D eigenvalue weighted by Gasteiger charge is -2.33. The Bertz CT molecular complexity index is 1170. The molecule has 0 bridgehead atoms. The monoisotopic (exact) mass is 709 g/mol. The zero-order valence-electron chi connectivity index (χ0n) is 31.6. The predicted octanol–water partition coefficient (Wildman–Crippen LogP) is 11.1. The topological polar surface area (TPSA) is 83.1 Å². The molecule has 0 aliphatic heterocycles. The third-order valence-corrected chi connectivity index (χ3v) is 14.4. The minimum absolute atomic E-state index is 0.0462. The van der Waals surface area contributed by atoms with E-state index in [9.17, 15) is 9.36 Å². The molecule has 1 aromatic rings. The van der Waals surface area contributed by atoms with E-state index in [0.717, 1.165) is 30.8 Å². The molecule has 1 amide bonds. The number of fused-ring (bicyclic) bond motifs is 1. The summed E-state index contributed by atoms with van der Waals surface area (Å²) in [7, 11) is -6.69. The first-order chi connectivity index (χ1) is 21.8. The van der Waals surface area contributed by atoms with Crippen LogP contribution in [-0.4, -0.2) is 53.2 Å². The van der Waals surface area contributed by atoms with Crippen molar-refractivity contribution in [1.82, 2.24) is 5.32 Å². The van der Waals surface area contributed by atoms with Crippen molar-refractivity contribution in [1.29, 1.82) is 0 Å². The first-order valence-electron chi connectivity index (χ1n) is 18.5. The van der Waals surface area contributed by atoms with Gasteiger partial charge in [0.05, 0.1) is 25.4 Å². The number of amides is 1. The Labute approximate surface area is 289 Å². The quantitative estimate of drug-likeness (QED) is 0.0928. The number of aryl methyl sites for hydroxylation is 1. The molecule has 0 radical (unpaired) electrons. The van der Waals surface area contributed by atoms with Gasteiger partial charge in [-0.1, -0.05) is 96.5 Å². The summed E-state index contributed by atoms with van der Waals surface area (Å²) in [6.45, 7) is 22.2. The van der Waals surface area contributed by atoms with Crippen LogP contribution in [-0.2, 0) is 35.7 Å². The van der Waals surface area contributed by atoms with Gasteiger partial charge in [0.25, 0.3) is 0 Å². The molecule has 47 heavy (non-hydrogen) atoms. The van der Waals surface area contributed by atoms with Crippen molar-refractivity contribution in [2.24, 2.45) is 5.92 Å². The predicted molar refractivity (Wildman–Crippen MR) is 201 cm³/mol. The second-order valence-electron chi connectivity index (χ2n) is 17.8. The molecule has 270 valence electrons. The zero-order chi connectivity index (χ0) is 34.9. The molecule has 0 saturated heterocycles. The molecule has 1 aromatic carbocycles. The fourth-order valence-electron chi connectivity index (χ4n) is 6.66. The van der Waals surface area contributed by atoms with E-state index in [2.05, 4.69) is 69.7 Å². The number of hydrogen-bond acceptors (Lipinski definition) is 6. The first kappa shape index (κ1) is 40.5. The minimum Gasteiger partial charge on any atom is -0.444 e. The third kappa shape index (κ3) is 14.8. The summed E-state index contributed by atoms with van der Waals surface area (Å²) < 4.78 is 37.8. The number of rotatable bonds is 18. The van der Waals surface area contributed by atoms with Crippen LogP contribution in [0.2, 0.25) is 51.4 Å². The van der Waals surface area contributed by atoms with Crippen LogP contribution in [0.3, 0.4) is 0 Å². The number of benzene rings is 1. The average Bonchev–Trinajstić information content (AvgIpc) is 3.35. The molecule has 1 saturated carbocycles. The van der Waals surface area contributed by atoms with Crippen molar-refractivity contribution in [3.05, 3.63) is 34.9 Å². The number of alkyl carbamates (subject to hydrolysis) is 1. The van der Waals surface area contributed by atoms with Gasteiger partial charge in [-0.05, 0) is 99.9 Å². The number of ether oxygens (including phenoxy) is 1. The van der Waals surface area contributed by atoms with E-state index in [4.69, 9.17) is 18.3 Å². The van der Waals surface area contributed by atoms with E-state index in [1.807, 2.05) is 20.8 Å². The van der Waals surface area contributed by atoms with Gasteiger partial charge in [-0.2, -0.15) is 0 Å². The Balaban J connectivity index is 1.75. The van der Waals surface area contributed by atoms with Crippen LogP contribution in [0.4, 0.5) is 4.79 Å². The maximum atomic E-state index is 14.1. The summed E-state index contributed by atoms with van der Waals surface area (Å²) in [5.41, 5.74) is 2.93. The summed E-state index contributed by atoms with van der Waals surface area (Å²) in [6.07, 6.45) is 12.1. The van der Waals surface area contributed by atoms with Crippen LogP contribution in [0.25, 0.3) is 0 Å². The van der Waals surface area contributed by atoms with Crippen molar-refractivity contribution in [3.63, 3.8) is 0 Å². The third-order valence-electron chi connectivity index (χ3n) is 9.57. The van der Waals surface area contributed by atoms with Gasteiger partial charge in [0.1, 0.15) is 5.60 Å². The van der Waals surface area contributed by atoms with Crippen molar-refractivity contribution < 1.29 is 27.7 Å². The SMILES string of the molecule is CCCCCC[C@@H]1CCc2cc([C@H]3CC[C@@](COP(=O)(OCC[Si](C)(C)C)OCC[Si](C)(C)C)(NC(=O)OC(C)(C)C)C3)ccc2C1. The highest BCUT2D eigenvalue weighted by Crippen LogP contribution is 2.52. The smallest absolute Gasteiger partial charge is 0.444 e. The molecule has 0 heterocycles. The van der Waals surface area contributed by atoms with Gasteiger partial charge in [-0.3, -0.25) is 13.6 Å². The molecule has 3 rings (SSSR count). The van der Waals surface area contributed by atoms with Crippen LogP contribution < -0.4 is 5.32 Å². The summed E-state index contributed by atoms with van der Waals surface area (Å²) in [5.74, 6) is 1.06. The second kappa shape index (κ2) is 17.3. The van der Waals surface area contributed by atoms with Gasteiger partial charge in [0.15, 0.2) is 0 Å². The van der Waals surface area contributed by atoms with Crippen LogP contribution >= 0.6 is 7.82 Å². The molecule has 0 aromatic heterocycles. The van der Waals surface area contributed by atoms with E-state index in [1.165, 1.54) is 61.6 Å². The Hall–Kier alpha value is -0.966. The maximum Gasteiger partial charge on any atom is 0.474 e. The van der Waals surface area contributed by atoms with Gasteiger partial charge >= 0.3 is 13.9 Å². The molecular weight excluding hydrogens is 642 g/mol. The lowest BCUT2D eigenvalue weighted by molar-refractivity contribution is 0.0368. The Kier molecular flexibility index (Phi) is 14.9. The fourth-order valence-corrected chi connectivity index (χ4v) is 9.69. The highest BCUT2D eigenvalue weighted by atomic mass is 31.2. The van der Waals surface area contributed by atoms with Gasteiger partial charge in [0, 0.05) is 16.1 Å². The van der Waals surface area contributed by atoms with Crippen LogP contribution in [0.15, 0.2) is 18.2 Å². The lowest BCUT2D eigenvalue weighted by atomic mass is 9.79. The standard InChI is InChI=1S/C37H68NO6PSi2/c1-11-12-13-14-15-30-16-17-32-27-33(19-18-31(32)26-30)34-20-21-37(28-34,38-35(39)44-36(2,3)4)29-43-45(40,41-22-24-46(5,6)7)42-23-25-47(8,9)10/h18-19,27,30,34H,11-17,20-26,28-29H2,1-10H3,(H,38,39)/t30-,34+,37-/m1/s1. The van der Waals surface area contributed by atoms with Crippen molar-refractivity contribution in [2.75, 3.05) is 19.8 Å². The average molecular weight is 710 g/mol. The summed E-state index contributed by atoms with van der Waals surface area (Å²) in [4.78, 5) is 13.2. The van der Waals surface area contributed by atoms with E-state index >= 15 is 0 Å². The van der Waals surface area contributed by atoms with Gasteiger partial charge in [-0.25, -0.2) is 9.36 Å². The van der Waals surface area contributed by atoms with Crippen molar-refractivity contribution in [2.45, 2.75) is 167 Å². The van der Waals surface area contributed by atoms with Gasteiger partial charge in [-0.15, -0.1) is 0 Å². The summed E-state index contributed by atoms with van der Waals surface area (Å²) in [5, 5.41) is 3.17. The number of hydrogen-bond donors (Lipinski definition) is 1. The highest BCUT2D eigenvalue weighted by Gasteiger charge is 2.45. The zero-order valence-corrected chi connectivity index (χ0v) is 34.5. The Morgan fingerprint density at radius 1 is 0.936 bits per heavy atom. The maximum absolute atomic E-state index is 14.1. The molecule has 3 atom stereocenters. The molecule has 0 unspecified atom stereocenters. The Morgan fingerprint density at radius 3 is 2.19 bits per heavy atom. The van der Waals surface area contributed by atoms with Crippen molar-refractivity contribution >= 4 is 30.1 Å². The van der Waals surface area contributed by atoms with E-state index < -0.39 is 41.2 Å². The largest absolute Gasteiger partial charge is 0.474 e. The number of phosphoric acid groups is 1. The minimum atomic E-state index is -3.84. The summed E-state index contributed by atoms with van der Waals surface area (Å²) in [6, 6.07) is 8.80. The van der Waals surface area contributed by atoms with Crippen LogP contribution in [0.5, 0.6) is 0 Å². The van der Waals surface area contributed by atoms with Crippen LogP contribution in [0.1, 0.15) is 108 Å². The molecule has 0 spiro atoms. The molecule has 10 heteroatoms. The lowest BCUT2D eigenvalue weighted by Crippen LogP contribution is -2.51. The fraction of sp³-hybridized carbons (Fsp3) is 0.811. The number of phosphoric ester groups is 1. The van der Waals surface area contributed by atoms with Gasteiger partial charge < -0.3 is 10.1 Å². The number of carbonyl (C=O) groups is 1. The normalized spacial score (nSPS) is 22.3. The van der Waals surface area contributed by atoms with Crippen LogP contribution in [0, 0.1) is 5.92 Å². The van der Waals surface area contributed by atoms with E-state index in [1.54, 1.807) is 0 Å². The van der Waals surface area contributed by atoms with E-state index in [0.29, 0.717) is 26.1 Å². The second-order valence-corrected chi connectivity index (χ2v) is 30.8. The number of nitrogens with one attached hydrogen (secondary N) is 1. The molecule has 2 aliphatic carbocycles. The number of unbranched alkanes of at least 4 members (excludes halogenated alkanes) is 3. The summed E-state index contributed by atoms with van der Waals surface area (Å²) >= 11 is 0. The van der Waals surface area contributed by atoms with Crippen molar-refractivity contribution in [3.8, 4) is 0 Å². The van der Waals surface area contributed by atoms with Gasteiger partial charge in [0.2, 0.25) is 0 Å². The molecule has 1 fully saturated rings. The molecule has 1 N–H and O–H groups in total. The Morgan fingerprint density at radius 2 is 1.60 bits per heavy atom. The molecular formula is C37H68NO6PSi2. The molecule has 7 nitrogen and oxygen atoms in total. The highest BCUT2D eigenvalue weighted by molar-refractivity contribution is 7.48. The van der Waals surface area contributed by atoms with E-state index in [-0.39, 0.29) is 12.5 Å².